The summed E-state index contributed by atoms with van der Waals surface area (Å²) >= 11 is 0. The average Bonchev–Trinajstić information content (AvgIpc) is 2.14. The molecule has 2 atom stereocenters. The quantitative estimate of drug-likeness (QED) is 0.430. The van der Waals surface area contributed by atoms with Crippen molar-refractivity contribution in [1.82, 2.24) is 0 Å². The molecule has 0 fully saturated rings. The van der Waals surface area contributed by atoms with Gasteiger partial charge in [-0.05, 0) is 19.3 Å². The molecule has 0 rings (SSSR count). The molecule has 0 saturated carbocycles. The average molecular weight is 188 g/mol. The van der Waals surface area contributed by atoms with Gasteiger partial charge in [-0.2, -0.15) is 0 Å². The highest BCUT2D eigenvalue weighted by atomic mass is 16.7. The smallest absolute Gasteiger partial charge is 0.154 e. The highest BCUT2D eigenvalue weighted by Gasteiger charge is 2.04. The van der Waals surface area contributed by atoms with Crippen LogP contribution in [0.2, 0.25) is 0 Å². The highest BCUT2D eigenvalue weighted by Crippen LogP contribution is 2.04. The highest BCUT2D eigenvalue weighted by molar-refractivity contribution is 4.46. The summed E-state index contributed by atoms with van der Waals surface area (Å²) in [5, 5.41) is 0. The maximum Gasteiger partial charge on any atom is 0.154 e. The molecule has 0 aromatic rings. The van der Waals surface area contributed by atoms with Gasteiger partial charge in [-0.25, -0.2) is 0 Å². The van der Waals surface area contributed by atoms with Crippen molar-refractivity contribution in [3.63, 3.8) is 0 Å². The number of hydrogen-bond donors (Lipinski definition) is 0. The number of rotatable bonds is 8. The Balaban J connectivity index is 3.24. The normalized spacial score (nSPS) is 15.7. The Hall–Kier alpha value is -0.0800. The van der Waals surface area contributed by atoms with Crippen LogP contribution in [0, 0.1) is 5.92 Å². The molecule has 0 amide bonds. The van der Waals surface area contributed by atoms with E-state index in [2.05, 4.69) is 20.8 Å². The molecule has 2 unspecified atom stereocenters. The second kappa shape index (κ2) is 8.52. The van der Waals surface area contributed by atoms with Gasteiger partial charge in [-0.15, -0.1) is 0 Å². The van der Waals surface area contributed by atoms with E-state index >= 15 is 0 Å². The minimum Gasteiger partial charge on any atom is -0.353 e. The lowest BCUT2D eigenvalue weighted by molar-refractivity contribution is -0.138. The fourth-order valence-corrected chi connectivity index (χ4v) is 0.859. The first kappa shape index (κ1) is 12.9. The van der Waals surface area contributed by atoms with Gasteiger partial charge in [-0.3, -0.25) is 0 Å². The zero-order valence-electron chi connectivity index (χ0n) is 9.51. The van der Waals surface area contributed by atoms with Crippen molar-refractivity contribution < 1.29 is 9.47 Å². The fraction of sp³-hybridized carbons (Fsp3) is 1.00. The number of ether oxygens (including phenoxy) is 2. The molecule has 0 saturated heterocycles. The first-order valence-corrected chi connectivity index (χ1v) is 5.43. The van der Waals surface area contributed by atoms with E-state index in [9.17, 15) is 0 Å². The van der Waals surface area contributed by atoms with Crippen molar-refractivity contribution >= 4 is 0 Å². The van der Waals surface area contributed by atoms with E-state index in [0.717, 1.165) is 19.6 Å². The van der Waals surface area contributed by atoms with Crippen LogP contribution in [-0.4, -0.2) is 19.5 Å². The van der Waals surface area contributed by atoms with E-state index in [1.165, 1.54) is 12.8 Å². The van der Waals surface area contributed by atoms with Gasteiger partial charge < -0.3 is 9.47 Å². The maximum atomic E-state index is 5.52. The van der Waals surface area contributed by atoms with Crippen molar-refractivity contribution in [1.29, 1.82) is 0 Å². The fourth-order valence-electron chi connectivity index (χ4n) is 0.859. The molecule has 0 radical (unpaired) electrons. The Bertz CT molecular complexity index is 104. The van der Waals surface area contributed by atoms with E-state index in [0.29, 0.717) is 5.92 Å². The van der Waals surface area contributed by atoms with E-state index in [-0.39, 0.29) is 6.29 Å². The summed E-state index contributed by atoms with van der Waals surface area (Å²) in [4.78, 5) is 0. The van der Waals surface area contributed by atoms with E-state index in [1.54, 1.807) is 0 Å². The van der Waals surface area contributed by atoms with Crippen LogP contribution in [0.5, 0.6) is 0 Å². The molecular weight excluding hydrogens is 164 g/mol. The molecule has 2 nitrogen and oxygen atoms in total. The van der Waals surface area contributed by atoms with Crippen LogP contribution in [0.4, 0.5) is 0 Å². The molecule has 0 heterocycles. The zero-order chi connectivity index (χ0) is 10.1. The Labute approximate surface area is 82.6 Å². The van der Waals surface area contributed by atoms with Gasteiger partial charge >= 0.3 is 0 Å². The zero-order valence-corrected chi connectivity index (χ0v) is 9.51. The Kier molecular flexibility index (Phi) is 8.46. The first-order valence-electron chi connectivity index (χ1n) is 5.43. The summed E-state index contributed by atoms with van der Waals surface area (Å²) in [5.74, 6) is 0.636. The summed E-state index contributed by atoms with van der Waals surface area (Å²) in [6, 6.07) is 0. The molecule has 0 aliphatic carbocycles. The van der Waals surface area contributed by atoms with E-state index < -0.39 is 0 Å². The minimum absolute atomic E-state index is 0.0412. The third-order valence-electron chi connectivity index (χ3n) is 2.16. The van der Waals surface area contributed by atoms with E-state index in [1.807, 2.05) is 6.92 Å². The second-order valence-electron chi connectivity index (χ2n) is 3.64. The molecule has 0 spiro atoms. The summed E-state index contributed by atoms with van der Waals surface area (Å²) in [6.07, 6.45) is 3.43. The molecule has 0 bridgehead atoms. The SMILES string of the molecule is CCCCOC(C)OCC(C)CC. The van der Waals surface area contributed by atoms with Crippen molar-refractivity contribution in [3.8, 4) is 0 Å². The summed E-state index contributed by atoms with van der Waals surface area (Å²) in [7, 11) is 0. The molecular formula is C11H24O2. The molecule has 2 heteroatoms. The largest absolute Gasteiger partial charge is 0.353 e. The van der Waals surface area contributed by atoms with Crippen molar-refractivity contribution in [2.75, 3.05) is 13.2 Å². The number of hydrogen-bond acceptors (Lipinski definition) is 2. The monoisotopic (exact) mass is 188 g/mol. The van der Waals surface area contributed by atoms with E-state index in [4.69, 9.17) is 9.47 Å². The van der Waals surface area contributed by atoms with Crippen molar-refractivity contribution in [2.24, 2.45) is 5.92 Å². The molecule has 0 aromatic heterocycles. The Morgan fingerprint density at radius 3 is 2.31 bits per heavy atom. The van der Waals surface area contributed by atoms with Crippen LogP contribution in [0.15, 0.2) is 0 Å². The summed E-state index contributed by atoms with van der Waals surface area (Å²) in [5.41, 5.74) is 0. The van der Waals surface area contributed by atoms with Crippen LogP contribution in [-0.2, 0) is 9.47 Å². The Morgan fingerprint density at radius 1 is 1.08 bits per heavy atom. The van der Waals surface area contributed by atoms with Gasteiger partial charge in [0.15, 0.2) is 6.29 Å². The van der Waals surface area contributed by atoms with Crippen LogP contribution < -0.4 is 0 Å². The van der Waals surface area contributed by atoms with Crippen LogP contribution in [0.1, 0.15) is 47.0 Å². The Morgan fingerprint density at radius 2 is 1.77 bits per heavy atom. The van der Waals surface area contributed by atoms with Crippen LogP contribution in [0.3, 0.4) is 0 Å². The molecule has 0 aliphatic heterocycles. The second-order valence-corrected chi connectivity index (χ2v) is 3.64. The predicted octanol–water partition coefficient (Wildman–Crippen LogP) is 3.21. The molecule has 0 N–H and O–H groups in total. The minimum atomic E-state index is -0.0412. The number of unbranched alkanes of at least 4 members (excludes halogenated alkanes) is 1. The van der Waals surface area contributed by atoms with Crippen LogP contribution >= 0.6 is 0 Å². The summed E-state index contributed by atoms with van der Waals surface area (Å²) < 4.78 is 11.0. The molecule has 13 heavy (non-hydrogen) atoms. The third kappa shape index (κ3) is 8.26. The van der Waals surface area contributed by atoms with Gasteiger partial charge in [0.05, 0.1) is 6.61 Å². The maximum absolute atomic E-state index is 5.52. The van der Waals surface area contributed by atoms with Crippen LogP contribution in [0.25, 0.3) is 0 Å². The van der Waals surface area contributed by atoms with Gasteiger partial charge in [0.25, 0.3) is 0 Å². The van der Waals surface area contributed by atoms with Gasteiger partial charge in [0.1, 0.15) is 0 Å². The molecule has 0 aromatic carbocycles. The summed E-state index contributed by atoms with van der Waals surface area (Å²) in [6.45, 7) is 10.1. The lowest BCUT2D eigenvalue weighted by atomic mass is 10.1. The molecule has 0 aliphatic rings. The predicted molar refractivity (Wildman–Crippen MR) is 55.7 cm³/mol. The first-order chi connectivity index (χ1) is 6.20. The lowest BCUT2D eigenvalue weighted by Crippen LogP contribution is -2.17. The topological polar surface area (TPSA) is 18.5 Å². The third-order valence-corrected chi connectivity index (χ3v) is 2.16. The van der Waals surface area contributed by atoms with Crippen molar-refractivity contribution in [3.05, 3.63) is 0 Å². The van der Waals surface area contributed by atoms with Gasteiger partial charge in [0, 0.05) is 6.61 Å². The molecule has 80 valence electrons. The van der Waals surface area contributed by atoms with Gasteiger partial charge in [-0.1, -0.05) is 33.6 Å². The lowest BCUT2D eigenvalue weighted by Gasteiger charge is -2.16. The van der Waals surface area contributed by atoms with Crippen molar-refractivity contribution in [2.45, 2.75) is 53.2 Å². The standard InChI is InChI=1S/C11H24O2/c1-5-7-8-12-11(4)13-9-10(3)6-2/h10-11H,5-9H2,1-4H3. The van der Waals surface area contributed by atoms with Gasteiger partial charge in [0.2, 0.25) is 0 Å².